The van der Waals surface area contributed by atoms with Crippen LogP contribution in [0.5, 0.6) is 0 Å². The fourth-order valence-electron chi connectivity index (χ4n) is 0.606. The normalized spacial score (nSPS) is 29.6. The van der Waals surface area contributed by atoms with E-state index < -0.39 is 10.4 Å². The third-order valence-electron chi connectivity index (χ3n) is 1.05. The van der Waals surface area contributed by atoms with Crippen molar-refractivity contribution in [2.45, 2.75) is 23.3 Å². The lowest BCUT2D eigenvalue weighted by Crippen LogP contribution is -2.36. The van der Waals surface area contributed by atoms with Gasteiger partial charge in [0.15, 0.2) is 0 Å². The first-order chi connectivity index (χ1) is 3.10. The van der Waals surface area contributed by atoms with Gasteiger partial charge in [-0.25, -0.2) is 5.11 Å². The highest BCUT2D eigenvalue weighted by molar-refractivity contribution is 6.49. The summed E-state index contributed by atoms with van der Waals surface area (Å²) in [4.78, 5) is 0. The molecule has 7 heavy (non-hydrogen) atoms. The van der Waals surface area contributed by atoms with E-state index in [0.29, 0.717) is 12.8 Å². The van der Waals surface area contributed by atoms with Crippen LogP contribution in [-0.2, 0) is 5.11 Å². The Morgan fingerprint density at radius 2 is 1.86 bits per heavy atom. The quantitative estimate of drug-likeness (QED) is 0.457. The van der Waals surface area contributed by atoms with E-state index in [4.69, 9.17) is 23.2 Å². The molecule has 1 nitrogen and oxygen atoms in total. The Morgan fingerprint density at radius 1 is 1.43 bits per heavy atom. The first kappa shape index (κ1) is 5.67. The molecule has 0 N–H and O–H groups in total. The number of halogens is 2. The molecule has 0 aromatic rings. The van der Waals surface area contributed by atoms with Crippen LogP contribution < -0.4 is 0 Å². The van der Waals surface area contributed by atoms with Crippen LogP contribution in [0.25, 0.3) is 0 Å². The predicted molar refractivity (Wildman–Crippen MR) is 28.1 cm³/mol. The van der Waals surface area contributed by atoms with Crippen LogP contribution in [0.2, 0.25) is 0 Å². The molecule has 0 aromatic heterocycles. The van der Waals surface area contributed by atoms with Gasteiger partial charge in [0.05, 0.1) is 6.10 Å². The lowest BCUT2D eigenvalue weighted by atomic mass is 9.95. The van der Waals surface area contributed by atoms with Crippen molar-refractivity contribution in [2.24, 2.45) is 0 Å². The van der Waals surface area contributed by atoms with Gasteiger partial charge in [-0.3, -0.25) is 0 Å². The maximum absolute atomic E-state index is 10.2. The van der Waals surface area contributed by atoms with Gasteiger partial charge in [-0.15, -0.1) is 23.2 Å². The zero-order valence-electron chi connectivity index (χ0n) is 3.66. The van der Waals surface area contributed by atoms with E-state index >= 15 is 0 Å². The minimum atomic E-state index is -0.674. The molecule has 0 unspecified atom stereocenters. The molecule has 1 aliphatic rings. The van der Waals surface area contributed by atoms with Gasteiger partial charge < -0.3 is 0 Å². The fraction of sp³-hybridized carbons (Fsp3) is 1.00. The predicted octanol–water partition coefficient (Wildman–Crippen LogP) is 1.75. The van der Waals surface area contributed by atoms with Crippen LogP contribution in [0.15, 0.2) is 0 Å². The van der Waals surface area contributed by atoms with E-state index in [2.05, 4.69) is 0 Å². The first-order valence-electron chi connectivity index (χ1n) is 2.14. The summed E-state index contributed by atoms with van der Waals surface area (Å²) < 4.78 is -0.674. The Balaban J connectivity index is 2.29. The molecule has 0 aromatic carbocycles. The van der Waals surface area contributed by atoms with E-state index in [0.717, 1.165) is 0 Å². The number of alkyl halides is 2. The molecule has 0 heterocycles. The van der Waals surface area contributed by atoms with Crippen molar-refractivity contribution in [3.05, 3.63) is 0 Å². The Kier molecular flexibility index (Phi) is 1.22. The van der Waals surface area contributed by atoms with Crippen LogP contribution in [-0.4, -0.2) is 10.4 Å². The average molecular weight is 140 g/mol. The lowest BCUT2D eigenvalue weighted by Gasteiger charge is -2.32. The van der Waals surface area contributed by atoms with Crippen LogP contribution in [0.4, 0.5) is 0 Å². The monoisotopic (exact) mass is 139 g/mol. The Labute approximate surface area is 52.2 Å². The van der Waals surface area contributed by atoms with Crippen LogP contribution >= 0.6 is 23.2 Å². The molecule has 1 saturated carbocycles. The zero-order chi connectivity index (χ0) is 5.49. The van der Waals surface area contributed by atoms with Gasteiger partial charge in [0.2, 0.25) is 0 Å². The number of hydrogen-bond acceptors (Lipinski definition) is 0. The molecular formula is C4H5Cl2O. The number of rotatable bonds is 0. The average Bonchev–Trinajstić information content (AvgIpc) is 1.27. The summed E-state index contributed by atoms with van der Waals surface area (Å²) in [5, 5.41) is 10.2. The molecule has 41 valence electrons. The summed E-state index contributed by atoms with van der Waals surface area (Å²) in [5.74, 6) is 0. The second-order valence-corrected chi connectivity index (χ2v) is 3.53. The highest BCUT2D eigenvalue weighted by atomic mass is 35.5. The molecule has 0 spiro atoms. The van der Waals surface area contributed by atoms with Gasteiger partial charge >= 0.3 is 0 Å². The molecular weight excluding hydrogens is 135 g/mol. The minimum Gasteiger partial charge on any atom is -0.233 e. The second kappa shape index (κ2) is 1.51. The molecule has 1 radical (unpaired) electrons. The minimum absolute atomic E-state index is 0.413. The SMILES string of the molecule is [O]C1CC(Cl)(Cl)C1. The third kappa shape index (κ3) is 1.21. The van der Waals surface area contributed by atoms with E-state index in [9.17, 15) is 5.11 Å². The van der Waals surface area contributed by atoms with Gasteiger partial charge in [0.25, 0.3) is 0 Å². The molecule has 0 bridgehead atoms. The standard InChI is InChI=1S/C4H5Cl2O/c5-4(6)1-3(7)2-4/h3H,1-2H2. The summed E-state index contributed by atoms with van der Waals surface area (Å²) in [6.45, 7) is 0. The van der Waals surface area contributed by atoms with Crippen molar-refractivity contribution in [3.63, 3.8) is 0 Å². The van der Waals surface area contributed by atoms with Crippen LogP contribution in [0.3, 0.4) is 0 Å². The largest absolute Gasteiger partial charge is 0.233 e. The second-order valence-electron chi connectivity index (χ2n) is 1.89. The van der Waals surface area contributed by atoms with Crippen molar-refractivity contribution < 1.29 is 5.11 Å². The smallest absolute Gasteiger partial charge is 0.123 e. The maximum Gasteiger partial charge on any atom is 0.123 e. The van der Waals surface area contributed by atoms with Crippen molar-refractivity contribution in [1.29, 1.82) is 0 Å². The van der Waals surface area contributed by atoms with Gasteiger partial charge in [0.1, 0.15) is 4.33 Å². The highest BCUT2D eigenvalue weighted by Gasteiger charge is 2.40. The molecule has 0 aliphatic heterocycles. The van der Waals surface area contributed by atoms with Gasteiger partial charge in [0, 0.05) is 12.8 Å². The van der Waals surface area contributed by atoms with Gasteiger partial charge in [-0.05, 0) is 0 Å². The summed E-state index contributed by atoms with van der Waals surface area (Å²) in [5.41, 5.74) is 0. The van der Waals surface area contributed by atoms with Crippen molar-refractivity contribution in [1.82, 2.24) is 0 Å². The van der Waals surface area contributed by atoms with E-state index in [1.54, 1.807) is 0 Å². The van der Waals surface area contributed by atoms with Crippen LogP contribution in [0, 0.1) is 0 Å². The van der Waals surface area contributed by atoms with Crippen molar-refractivity contribution in [2.75, 3.05) is 0 Å². The third-order valence-corrected chi connectivity index (χ3v) is 1.67. The van der Waals surface area contributed by atoms with Crippen LogP contribution in [0.1, 0.15) is 12.8 Å². The maximum atomic E-state index is 10.2. The highest BCUT2D eigenvalue weighted by Crippen LogP contribution is 2.42. The van der Waals surface area contributed by atoms with E-state index in [1.165, 1.54) is 0 Å². The molecule has 0 saturated heterocycles. The van der Waals surface area contributed by atoms with Crippen molar-refractivity contribution in [3.8, 4) is 0 Å². The molecule has 0 amide bonds. The zero-order valence-corrected chi connectivity index (χ0v) is 5.17. The van der Waals surface area contributed by atoms with E-state index in [1.807, 2.05) is 0 Å². The van der Waals surface area contributed by atoms with Gasteiger partial charge in [-0.2, -0.15) is 0 Å². The molecule has 1 aliphatic carbocycles. The Bertz CT molecular complexity index is 73.8. The summed E-state index contributed by atoms with van der Waals surface area (Å²) in [6, 6.07) is 0. The summed E-state index contributed by atoms with van der Waals surface area (Å²) in [6.07, 6.45) is 0.321. The molecule has 0 atom stereocenters. The Hall–Kier alpha value is 0.540. The molecule has 1 fully saturated rings. The van der Waals surface area contributed by atoms with Gasteiger partial charge in [-0.1, -0.05) is 0 Å². The molecule has 1 rings (SSSR count). The Morgan fingerprint density at radius 3 is 1.86 bits per heavy atom. The number of hydrogen-bond donors (Lipinski definition) is 0. The first-order valence-corrected chi connectivity index (χ1v) is 2.89. The topological polar surface area (TPSA) is 19.9 Å². The summed E-state index contributed by atoms with van der Waals surface area (Å²) in [7, 11) is 0. The molecule has 3 heteroatoms. The fourth-order valence-corrected chi connectivity index (χ4v) is 1.29. The van der Waals surface area contributed by atoms with Crippen molar-refractivity contribution >= 4 is 23.2 Å². The summed E-state index contributed by atoms with van der Waals surface area (Å²) >= 11 is 10.9. The van der Waals surface area contributed by atoms with E-state index in [-0.39, 0.29) is 0 Å². The lowest BCUT2D eigenvalue weighted by molar-refractivity contribution is 0.0187.